The van der Waals surface area contributed by atoms with Gasteiger partial charge in [0, 0.05) is 24.8 Å². The Bertz CT molecular complexity index is 490. The van der Waals surface area contributed by atoms with Gasteiger partial charge < -0.3 is 20.3 Å². The van der Waals surface area contributed by atoms with E-state index in [1.807, 2.05) is 7.05 Å². The highest BCUT2D eigenvalue weighted by Crippen LogP contribution is 2.24. The molecule has 1 saturated heterocycles. The van der Waals surface area contributed by atoms with E-state index in [1.54, 1.807) is 4.90 Å². The predicted molar refractivity (Wildman–Crippen MR) is 71.2 cm³/mol. The first-order chi connectivity index (χ1) is 9.87. The van der Waals surface area contributed by atoms with Gasteiger partial charge in [0.2, 0.25) is 0 Å². The van der Waals surface area contributed by atoms with Crippen LogP contribution in [0.1, 0.15) is 6.42 Å². The second-order valence-electron chi connectivity index (χ2n) is 4.72. The van der Waals surface area contributed by atoms with Crippen molar-refractivity contribution >= 4 is 11.7 Å². The van der Waals surface area contributed by atoms with Crippen LogP contribution in [0.4, 0.5) is 23.7 Å². The molecule has 0 saturated carbocycles. The average Bonchev–Trinajstić information content (AvgIpc) is 2.88. The number of anilines is 1. The van der Waals surface area contributed by atoms with Gasteiger partial charge in [-0.05, 0) is 37.7 Å². The Morgan fingerprint density at radius 1 is 1.33 bits per heavy atom. The predicted octanol–water partition coefficient (Wildman–Crippen LogP) is 2.41. The molecule has 8 heteroatoms. The monoisotopic (exact) mass is 303 g/mol. The number of nitrogens with zero attached hydrogens (tertiary/aromatic N) is 1. The number of hydrogen-bond acceptors (Lipinski definition) is 3. The summed E-state index contributed by atoms with van der Waals surface area (Å²) in [6.07, 6.45) is -3.84. The van der Waals surface area contributed by atoms with Crippen molar-refractivity contribution in [3.05, 3.63) is 24.3 Å². The van der Waals surface area contributed by atoms with Crippen LogP contribution in [-0.2, 0) is 0 Å². The topological polar surface area (TPSA) is 53.6 Å². The lowest BCUT2D eigenvalue weighted by Crippen LogP contribution is -2.36. The molecule has 1 fully saturated rings. The number of amides is 2. The van der Waals surface area contributed by atoms with Crippen LogP contribution < -0.4 is 15.4 Å². The first kappa shape index (κ1) is 15.4. The first-order valence-corrected chi connectivity index (χ1v) is 6.46. The van der Waals surface area contributed by atoms with Gasteiger partial charge in [0.1, 0.15) is 5.75 Å². The first-order valence-electron chi connectivity index (χ1n) is 6.46. The van der Waals surface area contributed by atoms with E-state index < -0.39 is 6.36 Å². The van der Waals surface area contributed by atoms with Crippen molar-refractivity contribution in [3.63, 3.8) is 0 Å². The summed E-state index contributed by atoms with van der Waals surface area (Å²) in [5, 5.41) is 5.74. The number of rotatable bonds is 3. The molecule has 1 unspecified atom stereocenters. The fourth-order valence-corrected chi connectivity index (χ4v) is 2.12. The van der Waals surface area contributed by atoms with Crippen molar-refractivity contribution in [2.75, 3.05) is 25.5 Å². The zero-order valence-electron chi connectivity index (χ0n) is 11.4. The summed E-state index contributed by atoms with van der Waals surface area (Å²) in [6, 6.07) is 5.05. The van der Waals surface area contributed by atoms with Crippen molar-refractivity contribution in [2.24, 2.45) is 0 Å². The van der Waals surface area contributed by atoms with Gasteiger partial charge in [0.05, 0.1) is 0 Å². The quantitative estimate of drug-likeness (QED) is 0.901. The van der Waals surface area contributed by atoms with Gasteiger partial charge in [-0.25, -0.2) is 4.79 Å². The van der Waals surface area contributed by atoms with E-state index >= 15 is 0 Å². The number of likely N-dealkylation sites (N-methyl/N-ethyl adjacent to an activating group) is 1. The van der Waals surface area contributed by atoms with Crippen LogP contribution in [0.15, 0.2) is 24.3 Å². The molecule has 1 aromatic carbocycles. The van der Waals surface area contributed by atoms with Gasteiger partial charge in [0.25, 0.3) is 0 Å². The Balaban J connectivity index is 1.90. The summed E-state index contributed by atoms with van der Waals surface area (Å²) in [7, 11) is 1.84. The van der Waals surface area contributed by atoms with Crippen LogP contribution in [0.5, 0.6) is 5.75 Å². The lowest BCUT2D eigenvalue weighted by molar-refractivity contribution is -0.274. The Kier molecular flexibility index (Phi) is 4.56. The summed E-state index contributed by atoms with van der Waals surface area (Å²) in [4.78, 5) is 13.6. The second kappa shape index (κ2) is 6.21. The highest BCUT2D eigenvalue weighted by atomic mass is 19.4. The molecule has 1 heterocycles. The lowest BCUT2D eigenvalue weighted by atomic mass is 10.3. The molecule has 1 aromatic rings. The van der Waals surface area contributed by atoms with E-state index in [1.165, 1.54) is 12.1 Å². The molecule has 1 aliphatic heterocycles. The van der Waals surface area contributed by atoms with Gasteiger partial charge in [-0.15, -0.1) is 13.2 Å². The maximum atomic E-state index is 12.0. The molecule has 1 aliphatic rings. The molecule has 0 aliphatic carbocycles. The smallest absolute Gasteiger partial charge is 0.406 e. The van der Waals surface area contributed by atoms with Crippen molar-refractivity contribution in [2.45, 2.75) is 18.8 Å². The molecular weight excluding hydrogens is 287 g/mol. The number of ether oxygens (including phenoxy) is 1. The average molecular weight is 303 g/mol. The van der Waals surface area contributed by atoms with Crippen LogP contribution in [0.25, 0.3) is 0 Å². The summed E-state index contributed by atoms with van der Waals surface area (Å²) in [6.45, 7) is 1.25. The maximum absolute atomic E-state index is 12.0. The minimum Gasteiger partial charge on any atom is -0.406 e. The number of benzene rings is 1. The highest BCUT2D eigenvalue weighted by Gasteiger charge is 2.31. The molecule has 2 N–H and O–H groups in total. The Hall–Kier alpha value is -1.96. The van der Waals surface area contributed by atoms with Gasteiger partial charge in [0.15, 0.2) is 0 Å². The Morgan fingerprint density at radius 3 is 2.52 bits per heavy atom. The SMILES string of the molecule is CNC1CCN(C(=O)Nc2ccc(OC(F)(F)F)cc2)C1. The third kappa shape index (κ3) is 4.52. The van der Waals surface area contributed by atoms with Crippen molar-refractivity contribution in [3.8, 4) is 5.75 Å². The molecule has 1 atom stereocenters. The Morgan fingerprint density at radius 2 is 2.00 bits per heavy atom. The molecular formula is C13H16F3N3O2. The summed E-state index contributed by atoms with van der Waals surface area (Å²) >= 11 is 0. The number of hydrogen-bond donors (Lipinski definition) is 2. The number of nitrogens with one attached hydrogen (secondary N) is 2. The largest absolute Gasteiger partial charge is 0.573 e. The van der Waals surface area contributed by atoms with E-state index in [0.717, 1.165) is 18.6 Å². The molecule has 2 amide bonds. The van der Waals surface area contributed by atoms with E-state index in [9.17, 15) is 18.0 Å². The van der Waals surface area contributed by atoms with E-state index in [-0.39, 0.29) is 17.8 Å². The zero-order valence-corrected chi connectivity index (χ0v) is 11.4. The lowest BCUT2D eigenvalue weighted by Gasteiger charge is -2.17. The zero-order chi connectivity index (χ0) is 15.5. The molecule has 116 valence electrons. The van der Waals surface area contributed by atoms with Crippen molar-refractivity contribution in [1.82, 2.24) is 10.2 Å². The van der Waals surface area contributed by atoms with Crippen molar-refractivity contribution < 1.29 is 22.7 Å². The Labute approximate surface area is 120 Å². The number of likely N-dealkylation sites (tertiary alicyclic amines) is 1. The number of halogens is 3. The van der Waals surface area contributed by atoms with Gasteiger partial charge in [-0.3, -0.25) is 0 Å². The second-order valence-corrected chi connectivity index (χ2v) is 4.72. The minimum absolute atomic E-state index is 0.266. The molecule has 0 spiro atoms. The van der Waals surface area contributed by atoms with Gasteiger partial charge >= 0.3 is 12.4 Å². The van der Waals surface area contributed by atoms with E-state index in [0.29, 0.717) is 18.8 Å². The molecule has 21 heavy (non-hydrogen) atoms. The van der Waals surface area contributed by atoms with E-state index in [2.05, 4.69) is 15.4 Å². The fourth-order valence-electron chi connectivity index (χ4n) is 2.12. The summed E-state index contributed by atoms with van der Waals surface area (Å²) in [5.41, 5.74) is 0.419. The molecule has 2 rings (SSSR count). The summed E-state index contributed by atoms with van der Waals surface area (Å²) in [5.74, 6) is -0.322. The molecule has 5 nitrogen and oxygen atoms in total. The third-order valence-corrected chi connectivity index (χ3v) is 3.22. The maximum Gasteiger partial charge on any atom is 0.573 e. The fraction of sp³-hybridized carbons (Fsp3) is 0.462. The van der Waals surface area contributed by atoms with Gasteiger partial charge in [-0.1, -0.05) is 0 Å². The van der Waals surface area contributed by atoms with Crippen LogP contribution in [-0.4, -0.2) is 43.5 Å². The molecule has 0 aromatic heterocycles. The number of urea groups is 1. The summed E-state index contributed by atoms with van der Waals surface area (Å²) < 4.78 is 39.8. The van der Waals surface area contributed by atoms with Crippen LogP contribution in [0, 0.1) is 0 Å². The molecule has 0 radical (unpaired) electrons. The van der Waals surface area contributed by atoms with Crippen molar-refractivity contribution in [1.29, 1.82) is 0 Å². The number of alkyl halides is 3. The normalized spacial score (nSPS) is 18.7. The van der Waals surface area contributed by atoms with Gasteiger partial charge in [-0.2, -0.15) is 0 Å². The minimum atomic E-state index is -4.72. The number of carbonyl (C=O) groups excluding carboxylic acids is 1. The highest BCUT2D eigenvalue weighted by molar-refractivity contribution is 5.89. The van der Waals surface area contributed by atoms with Crippen LogP contribution in [0.3, 0.4) is 0 Å². The van der Waals surface area contributed by atoms with Crippen LogP contribution in [0.2, 0.25) is 0 Å². The molecule has 0 bridgehead atoms. The number of carbonyl (C=O) groups is 1. The van der Waals surface area contributed by atoms with Crippen LogP contribution >= 0.6 is 0 Å². The third-order valence-electron chi connectivity index (χ3n) is 3.22. The standard InChI is InChI=1S/C13H16F3N3O2/c1-17-10-6-7-19(8-10)12(20)18-9-2-4-11(5-3-9)21-13(14,15)16/h2-5,10,17H,6-8H2,1H3,(H,18,20). The van der Waals surface area contributed by atoms with E-state index in [4.69, 9.17) is 0 Å².